The molecular formula is C13H14Cl2N2O2. The molecule has 0 saturated carbocycles. The molecule has 0 aliphatic rings. The van der Waals surface area contributed by atoms with Crippen LogP contribution in [0.15, 0.2) is 18.2 Å². The molecule has 0 saturated heterocycles. The molecule has 0 atom stereocenters. The largest absolute Gasteiger partial charge is 0.439 e. The van der Waals surface area contributed by atoms with Gasteiger partial charge in [0.2, 0.25) is 5.88 Å². The van der Waals surface area contributed by atoms with Crippen molar-refractivity contribution >= 4 is 23.2 Å². The van der Waals surface area contributed by atoms with Gasteiger partial charge in [-0.15, -0.1) is 0 Å². The molecule has 0 radical (unpaired) electrons. The molecule has 0 aliphatic carbocycles. The van der Waals surface area contributed by atoms with Gasteiger partial charge < -0.3 is 9.84 Å². The van der Waals surface area contributed by atoms with Crippen LogP contribution in [0.2, 0.25) is 10.0 Å². The standard InChI is InChI=1S/C13H14Cl2N2O2/c1-3-11-12(7-18)16-17(2)13(11)19-10-5-8(14)4-9(15)6-10/h4-6,18H,3,7H2,1-2H3. The van der Waals surface area contributed by atoms with E-state index in [1.807, 2.05) is 6.92 Å². The fourth-order valence-corrected chi connectivity index (χ4v) is 2.42. The topological polar surface area (TPSA) is 47.3 Å². The van der Waals surface area contributed by atoms with Crippen molar-refractivity contribution < 1.29 is 9.84 Å². The lowest BCUT2D eigenvalue weighted by Gasteiger charge is -2.08. The average molecular weight is 301 g/mol. The quantitative estimate of drug-likeness (QED) is 0.939. The van der Waals surface area contributed by atoms with E-state index in [0.717, 1.165) is 5.56 Å². The van der Waals surface area contributed by atoms with E-state index in [9.17, 15) is 5.11 Å². The Kier molecular flexibility index (Phi) is 4.34. The number of aromatic nitrogens is 2. The van der Waals surface area contributed by atoms with Crippen LogP contribution in [0.3, 0.4) is 0 Å². The zero-order valence-electron chi connectivity index (χ0n) is 10.7. The van der Waals surface area contributed by atoms with Crippen LogP contribution >= 0.6 is 23.2 Å². The van der Waals surface area contributed by atoms with Crippen LogP contribution in [0.4, 0.5) is 0 Å². The number of hydrogen-bond donors (Lipinski definition) is 1. The molecule has 4 nitrogen and oxygen atoms in total. The molecule has 102 valence electrons. The second kappa shape index (κ2) is 5.82. The average Bonchev–Trinajstić information content (AvgIpc) is 2.64. The molecular weight excluding hydrogens is 287 g/mol. The van der Waals surface area contributed by atoms with E-state index in [0.29, 0.717) is 33.8 Å². The van der Waals surface area contributed by atoms with Crippen LogP contribution in [-0.4, -0.2) is 14.9 Å². The Bertz CT molecular complexity index is 576. The monoisotopic (exact) mass is 300 g/mol. The Morgan fingerprint density at radius 3 is 2.42 bits per heavy atom. The van der Waals surface area contributed by atoms with E-state index in [1.165, 1.54) is 0 Å². The number of hydrogen-bond acceptors (Lipinski definition) is 3. The minimum atomic E-state index is -0.114. The van der Waals surface area contributed by atoms with E-state index in [4.69, 9.17) is 27.9 Å². The number of aliphatic hydroxyl groups is 1. The molecule has 0 aliphatic heterocycles. The molecule has 1 N–H and O–H groups in total. The van der Waals surface area contributed by atoms with Gasteiger partial charge in [0.25, 0.3) is 0 Å². The third-order valence-corrected chi connectivity index (χ3v) is 3.16. The van der Waals surface area contributed by atoms with E-state index in [1.54, 1.807) is 29.9 Å². The lowest BCUT2D eigenvalue weighted by atomic mass is 10.2. The van der Waals surface area contributed by atoms with Gasteiger partial charge in [0, 0.05) is 22.7 Å². The van der Waals surface area contributed by atoms with Crippen LogP contribution in [0, 0.1) is 0 Å². The van der Waals surface area contributed by atoms with E-state index >= 15 is 0 Å². The minimum Gasteiger partial charge on any atom is -0.439 e. The van der Waals surface area contributed by atoms with E-state index < -0.39 is 0 Å². The smallest absolute Gasteiger partial charge is 0.221 e. The highest BCUT2D eigenvalue weighted by Gasteiger charge is 2.16. The number of benzene rings is 1. The van der Waals surface area contributed by atoms with Crippen LogP contribution in [-0.2, 0) is 20.1 Å². The van der Waals surface area contributed by atoms with Gasteiger partial charge in [-0.3, -0.25) is 0 Å². The Labute approximate surface area is 121 Å². The second-order valence-electron chi connectivity index (χ2n) is 4.07. The molecule has 0 unspecified atom stereocenters. The Hall–Kier alpha value is -1.23. The summed E-state index contributed by atoms with van der Waals surface area (Å²) in [5.41, 5.74) is 1.49. The summed E-state index contributed by atoms with van der Waals surface area (Å²) in [6, 6.07) is 5.00. The Balaban J connectivity index is 2.40. The molecule has 0 spiro atoms. The fraction of sp³-hybridized carbons (Fsp3) is 0.308. The highest BCUT2D eigenvalue weighted by Crippen LogP contribution is 2.31. The third-order valence-electron chi connectivity index (χ3n) is 2.73. The molecule has 1 heterocycles. The first-order valence-corrected chi connectivity index (χ1v) is 6.60. The first-order chi connectivity index (χ1) is 9.05. The maximum Gasteiger partial charge on any atom is 0.221 e. The summed E-state index contributed by atoms with van der Waals surface area (Å²) in [5.74, 6) is 1.13. The lowest BCUT2D eigenvalue weighted by molar-refractivity contribution is 0.274. The van der Waals surface area contributed by atoms with Crippen molar-refractivity contribution in [3.63, 3.8) is 0 Å². The summed E-state index contributed by atoms with van der Waals surface area (Å²) < 4.78 is 7.39. The predicted octanol–water partition coefficient (Wildman–Crippen LogP) is 3.57. The van der Waals surface area contributed by atoms with Gasteiger partial charge in [-0.05, 0) is 24.6 Å². The highest BCUT2D eigenvalue weighted by atomic mass is 35.5. The number of ether oxygens (including phenoxy) is 1. The van der Waals surface area contributed by atoms with Crippen molar-refractivity contribution in [3.8, 4) is 11.6 Å². The van der Waals surface area contributed by atoms with Gasteiger partial charge in [-0.2, -0.15) is 5.10 Å². The number of halogens is 2. The molecule has 6 heteroatoms. The molecule has 2 aromatic rings. The van der Waals surface area contributed by atoms with Crippen molar-refractivity contribution in [2.24, 2.45) is 7.05 Å². The lowest BCUT2D eigenvalue weighted by Crippen LogP contribution is -1.96. The number of nitrogens with zero attached hydrogens (tertiary/aromatic N) is 2. The number of rotatable bonds is 4. The maximum atomic E-state index is 9.27. The second-order valence-corrected chi connectivity index (χ2v) is 4.95. The van der Waals surface area contributed by atoms with Crippen molar-refractivity contribution in [2.45, 2.75) is 20.0 Å². The zero-order chi connectivity index (χ0) is 14.0. The maximum absolute atomic E-state index is 9.27. The first kappa shape index (κ1) is 14.2. The van der Waals surface area contributed by atoms with Crippen molar-refractivity contribution in [3.05, 3.63) is 39.5 Å². The Morgan fingerprint density at radius 1 is 1.26 bits per heavy atom. The van der Waals surface area contributed by atoms with Gasteiger partial charge in [-0.1, -0.05) is 30.1 Å². The van der Waals surface area contributed by atoms with Crippen LogP contribution in [0.1, 0.15) is 18.2 Å². The van der Waals surface area contributed by atoms with Gasteiger partial charge >= 0.3 is 0 Å². The van der Waals surface area contributed by atoms with Crippen LogP contribution < -0.4 is 4.74 Å². The summed E-state index contributed by atoms with van der Waals surface area (Å²) in [4.78, 5) is 0. The first-order valence-electron chi connectivity index (χ1n) is 5.84. The fourth-order valence-electron chi connectivity index (χ4n) is 1.91. The zero-order valence-corrected chi connectivity index (χ0v) is 12.2. The van der Waals surface area contributed by atoms with Gasteiger partial charge in [0.05, 0.1) is 12.3 Å². The Morgan fingerprint density at radius 2 is 1.89 bits per heavy atom. The SMILES string of the molecule is CCc1c(CO)nn(C)c1Oc1cc(Cl)cc(Cl)c1. The summed E-state index contributed by atoms with van der Waals surface area (Å²) in [5, 5.41) is 14.5. The predicted molar refractivity (Wildman–Crippen MR) is 75.0 cm³/mol. The van der Waals surface area contributed by atoms with Crippen LogP contribution in [0.5, 0.6) is 11.6 Å². The highest BCUT2D eigenvalue weighted by molar-refractivity contribution is 6.34. The molecule has 0 bridgehead atoms. The summed E-state index contributed by atoms with van der Waals surface area (Å²) in [7, 11) is 1.76. The molecule has 0 fully saturated rings. The minimum absolute atomic E-state index is 0.114. The molecule has 2 rings (SSSR count). The van der Waals surface area contributed by atoms with Crippen molar-refractivity contribution in [1.29, 1.82) is 0 Å². The third kappa shape index (κ3) is 3.03. The summed E-state index contributed by atoms with van der Waals surface area (Å²) >= 11 is 11.9. The van der Waals surface area contributed by atoms with Crippen molar-refractivity contribution in [2.75, 3.05) is 0 Å². The summed E-state index contributed by atoms with van der Waals surface area (Å²) in [6.07, 6.45) is 0.716. The van der Waals surface area contributed by atoms with E-state index in [2.05, 4.69) is 5.10 Å². The van der Waals surface area contributed by atoms with Crippen molar-refractivity contribution in [1.82, 2.24) is 9.78 Å². The molecule has 19 heavy (non-hydrogen) atoms. The number of aryl methyl sites for hydroxylation is 1. The molecule has 1 aromatic carbocycles. The van der Waals surface area contributed by atoms with Crippen LogP contribution in [0.25, 0.3) is 0 Å². The van der Waals surface area contributed by atoms with E-state index in [-0.39, 0.29) is 6.61 Å². The molecule has 1 aromatic heterocycles. The number of aliphatic hydroxyl groups excluding tert-OH is 1. The van der Waals surface area contributed by atoms with Gasteiger partial charge in [-0.25, -0.2) is 4.68 Å². The van der Waals surface area contributed by atoms with Gasteiger partial charge in [0.1, 0.15) is 5.75 Å². The summed E-state index contributed by atoms with van der Waals surface area (Å²) in [6.45, 7) is 1.87. The molecule has 0 amide bonds. The van der Waals surface area contributed by atoms with Gasteiger partial charge in [0.15, 0.2) is 0 Å². The normalized spacial score (nSPS) is 10.8.